The molecule has 0 aliphatic heterocycles. The summed E-state index contributed by atoms with van der Waals surface area (Å²) in [4.78, 5) is 2.39. The molecule has 0 saturated heterocycles. The van der Waals surface area contributed by atoms with Gasteiger partial charge in [-0.05, 0) is 111 Å². The summed E-state index contributed by atoms with van der Waals surface area (Å²) in [5, 5.41) is 4.86. The van der Waals surface area contributed by atoms with Crippen molar-refractivity contribution in [1.29, 1.82) is 0 Å². The van der Waals surface area contributed by atoms with Crippen molar-refractivity contribution in [3.05, 3.63) is 289 Å². The Bertz CT molecular complexity index is 3920. The zero-order chi connectivity index (χ0) is 46.2. The molecule has 2 aliphatic carbocycles. The molecular weight excluding hydrogens is 849 g/mol. The van der Waals surface area contributed by atoms with Gasteiger partial charge in [-0.1, -0.05) is 206 Å². The number of furan rings is 1. The largest absolute Gasteiger partial charge is 0.455 e. The number of aromatic nitrogens is 1. The van der Waals surface area contributed by atoms with Crippen LogP contribution >= 0.6 is 0 Å². The molecule has 0 amide bonds. The SMILES string of the molecule is C1=CC(n2c3ccccc3c3ccccc32)CC(c2ccc(N(c3ccc(-c4cccc5c4oc4ccccc45)cc3)c3ccc(C4(c5ccccc5)c5ccccc5-c5ccccc54)cc3)cc2)=C1. The standard InChI is InChI=1S/C67H46N2O/c1-2-17-48(18-3-1)67(61-27-9-4-20-55(61)56-21-5-10-28-62(56)67)49-36-42-52(43-37-49)68(51-40-34-46(35-41-51)54-25-15-26-60-59-24-8-13-31-65(59)70-66(54)60)50-38-32-45(33-39-50)47-16-14-19-53(44-47)69-63-29-11-6-22-57(63)58-23-7-12-30-64(58)69/h1-43,53H,44H2. The number of hydrogen-bond acceptors (Lipinski definition) is 2. The van der Waals surface area contributed by atoms with Gasteiger partial charge in [0.15, 0.2) is 0 Å². The lowest BCUT2D eigenvalue weighted by Crippen LogP contribution is -2.28. The molecule has 2 aromatic heterocycles. The van der Waals surface area contributed by atoms with E-state index in [0.717, 1.165) is 56.5 Å². The number of benzene rings is 10. The fraction of sp³-hybridized carbons (Fsp3) is 0.0448. The Morgan fingerprint density at radius 3 is 1.57 bits per heavy atom. The zero-order valence-corrected chi connectivity index (χ0v) is 38.4. The maximum absolute atomic E-state index is 6.50. The van der Waals surface area contributed by atoms with E-state index in [-0.39, 0.29) is 6.04 Å². The van der Waals surface area contributed by atoms with Gasteiger partial charge in [0.25, 0.3) is 0 Å². The van der Waals surface area contributed by atoms with Crippen molar-refractivity contribution in [3.8, 4) is 22.3 Å². The Kier molecular flexibility index (Phi) is 9.25. The van der Waals surface area contributed by atoms with Gasteiger partial charge in [0.2, 0.25) is 0 Å². The van der Waals surface area contributed by atoms with Crippen molar-refractivity contribution in [1.82, 2.24) is 4.57 Å². The van der Waals surface area contributed by atoms with Gasteiger partial charge >= 0.3 is 0 Å². The molecule has 2 aliphatic rings. The normalized spacial score (nSPS) is 14.8. The van der Waals surface area contributed by atoms with Gasteiger partial charge in [0.1, 0.15) is 11.2 Å². The van der Waals surface area contributed by atoms with E-state index < -0.39 is 5.41 Å². The van der Waals surface area contributed by atoms with Crippen LogP contribution in [-0.2, 0) is 5.41 Å². The third-order valence-electron chi connectivity index (χ3n) is 15.1. The summed E-state index contributed by atoms with van der Waals surface area (Å²) in [6.07, 6.45) is 7.79. The van der Waals surface area contributed by atoms with Crippen molar-refractivity contribution >= 4 is 66.4 Å². The van der Waals surface area contributed by atoms with Gasteiger partial charge in [0, 0.05) is 55.2 Å². The van der Waals surface area contributed by atoms with E-state index in [9.17, 15) is 0 Å². The van der Waals surface area contributed by atoms with Crippen LogP contribution in [0, 0.1) is 0 Å². The minimum atomic E-state index is -0.474. The molecule has 0 saturated carbocycles. The van der Waals surface area contributed by atoms with E-state index in [0.29, 0.717) is 0 Å². The quantitative estimate of drug-likeness (QED) is 0.152. The molecule has 0 radical (unpaired) electrons. The van der Waals surface area contributed by atoms with Crippen molar-refractivity contribution < 1.29 is 4.42 Å². The average Bonchev–Trinajstić information content (AvgIpc) is 4.09. The first kappa shape index (κ1) is 40.2. The second-order valence-corrected chi connectivity index (χ2v) is 18.7. The van der Waals surface area contributed by atoms with Gasteiger partial charge in [-0.2, -0.15) is 0 Å². The molecule has 0 spiro atoms. The molecule has 3 nitrogen and oxygen atoms in total. The molecule has 1 atom stereocenters. The molecule has 3 heteroatoms. The van der Waals surface area contributed by atoms with Gasteiger partial charge in [0.05, 0.1) is 11.5 Å². The minimum absolute atomic E-state index is 0.196. The first-order valence-electron chi connectivity index (χ1n) is 24.3. The number of nitrogens with zero attached hydrogens (tertiary/aromatic N) is 2. The van der Waals surface area contributed by atoms with Gasteiger partial charge in [-0.3, -0.25) is 0 Å². The summed E-state index contributed by atoms with van der Waals surface area (Å²) in [5.74, 6) is 0. The summed E-state index contributed by atoms with van der Waals surface area (Å²) >= 11 is 0. The highest BCUT2D eigenvalue weighted by Gasteiger charge is 2.45. The van der Waals surface area contributed by atoms with E-state index in [1.807, 2.05) is 12.1 Å². The molecule has 0 N–H and O–H groups in total. The lowest BCUT2D eigenvalue weighted by Gasteiger charge is -2.34. The average molecular weight is 895 g/mol. The minimum Gasteiger partial charge on any atom is -0.455 e. The van der Waals surface area contributed by atoms with Crippen LogP contribution in [0.5, 0.6) is 0 Å². The van der Waals surface area contributed by atoms with Crippen molar-refractivity contribution in [3.63, 3.8) is 0 Å². The number of allylic oxidation sites excluding steroid dienone is 4. The Morgan fingerprint density at radius 2 is 0.914 bits per heavy atom. The van der Waals surface area contributed by atoms with Crippen LogP contribution in [0.15, 0.2) is 265 Å². The summed E-state index contributed by atoms with van der Waals surface area (Å²) in [6.45, 7) is 0. The maximum Gasteiger partial charge on any atom is 0.143 e. The first-order chi connectivity index (χ1) is 34.7. The van der Waals surface area contributed by atoms with Crippen LogP contribution in [0.2, 0.25) is 0 Å². The summed E-state index contributed by atoms with van der Waals surface area (Å²) < 4.78 is 9.02. The summed E-state index contributed by atoms with van der Waals surface area (Å²) in [7, 11) is 0. The van der Waals surface area contributed by atoms with Crippen LogP contribution < -0.4 is 4.90 Å². The highest BCUT2D eigenvalue weighted by molar-refractivity contribution is 6.10. The Morgan fingerprint density at radius 1 is 0.414 bits per heavy atom. The number of rotatable bonds is 8. The lowest BCUT2D eigenvalue weighted by molar-refractivity contribution is 0.656. The van der Waals surface area contributed by atoms with E-state index in [4.69, 9.17) is 4.42 Å². The molecule has 2 heterocycles. The molecule has 12 aromatic rings. The number of anilines is 3. The van der Waals surface area contributed by atoms with Crippen molar-refractivity contribution in [2.45, 2.75) is 17.9 Å². The first-order valence-corrected chi connectivity index (χ1v) is 24.3. The van der Waals surface area contributed by atoms with Crippen LogP contribution in [-0.4, -0.2) is 4.57 Å². The van der Waals surface area contributed by atoms with Gasteiger partial charge in [-0.15, -0.1) is 0 Å². The fourth-order valence-corrected chi connectivity index (χ4v) is 12.0. The molecule has 10 aromatic carbocycles. The van der Waals surface area contributed by atoms with Crippen LogP contribution in [0.25, 0.3) is 71.6 Å². The molecular formula is C67H46N2O. The van der Waals surface area contributed by atoms with Gasteiger partial charge < -0.3 is 13.9 Å². The number of hydrogen-bond donors (Lipinski definition) is 0. The van der Waals surface area contributed by atoms with Gasteiger partial charge in [-0.25, -0.2) is 0 Å². The molecule has 0 bridgehead atoms. The van der Waals surface area contributed by atoms with E-state index in [2.05, 4.69) is 258 Å². The van der Waals surface area contributed by atoms with E-state index in [1.165, 1.54) is 66.3 Å². The molecule has 1 unspecified atom stereocenters. The molecule has 14 rings (SSSR count). The third kappa shape index (κ3) is 6.15. The van der Waals surface area contributed by atoms with Crippen molar-refractivity contribution in [2.24, 2.45) is 0 Å². The van der Waals surface area contributed by atoms with E-state index >= 15 is 0 Å². The Hall–Kier alpha value is -8.92. The lowest BCUT2D eigenvalue weighted by atomic mass is 9.68. The summed E-state index contributed by atoms with van der Waals surface area (Å²) in [5.41, 5.74) is 19.6. The predicted octanol–water partition coefficient (Wildman–Crippen LogP) is 17.8. The molecule has 70 heavy (non-hydrogen) atoms. The second-order valence-electron chi connectivity index (χ2n) is 18.7. The Labute approximate surface area is 407 Å². The molecule has 0 fully saturated rings. The smallest absolute Gasteiger partial charge is 0.143 e. The monoisotopic (exact) mass is 894 g/mol. The number of para-hydroxylation sites is 4. The van der Waals surface area contributed by atoms with Crippen molar-refractivity contribution in [2.75, 3.05) is 4.90 Å². The fourth-order valence-electron chi connectivity index (χ4n) is 12.0. The maximum atomic E-state index is 6.50. The predicted molar refractivity (Wildman–Crippen MR) is 291 cm³/mol. The summed E-state index contributed by atoms with van der Waals surface area (Å²) in [6, 6.07) is 89.0. The van der Waals surface area contributed by atoms with E-state index in [1.54, 1.807) is 0 Å². The Balaban J connectivity index is 0.864. The number of fused-ring (bicyclic) bond motifs is 9. The van der Waals surface area contributed by atoms with Crippen LogP contribution in [0.1, 0.15) is 40.3 Å². The highest BCUT2D eigenvalue weighted by atomic mass is 16.3. The third-order valence-corrected chi connectivity index (χ3v) is 15.1. The zero-order valence-electron chi connectivity index (χ0n) is 38.4. The second kappa shape index (κ2) is 16.1. The molecule has 330 valence electrons. The topological polar surface area (TPSA) is 21.3 Å². The highest BCUT2D eigenvalue weighted by Crippen LogP contribution is 2.56. The van der Waals surface area contributed by atoms with Crippen LogP contribution in [0.3, 0.4) is 0 Å². The van der Waals surface area contributed by atoms with Crippen LogP contribution in [0.4, 0.5) is 17.1 Å².